The molecule has 1 N–H and O–H groups in total. The molecular weight excluding hydrogens is 334 g/mol. The van der Waals surface area contributed by atoms with E-state index >= 15 is 0 Å². The van der Waals surface area contributed by atoms with E-state index in [9.17, 15) is 4.79 Å². The topological polar surface area (TPSA) is 38.3 Å². The Morgan fingerprint density at radius 3 is 2.00 bits per heavy atom. The molecular formula is C24H31NO2. The second-order valence-corrected chi connectivity index (χ2v) is 8.96. The van der Waals surface area contributed by atoms with E-state index < -0.39 is 5.60 Å². The molecule has 0 aromatic heterocycles. The van der Waals surface area contributed by atoms with E-state index in [2.05, 4.69) is 62.5 Å². The van der Waals surface area contributed by atoms with Crippen LogP contribution in [0.2, 0.25) is 0 Å². The molecule has 0 fully saturated rings. The summed E-state index contributed by atoms with van der Waals surface area (Å²) in [4.78, 5) is 11.9. The number of ether oxygens (including phenoxy) is 1. The molecule has 1 amide bonds. The average molecular weight is 366 g/mol. The number of alkyl carbamates (subject to hydrolysis) is 1. The van der Waals surface area contributed by atoms with Crippen LogP contribution in [0.5, 0.6) is 0 Å². The van der Waals surface area contributed by atoms with Gasteiger partial charge in [-0.15, -0.1) is 0 Å². The van der Waals surface area contributed by atoms with Crippen molar-refractivity contribution in [2.75, 3.05) is 6.54 Å². The summed E-state index contributed by atoms with van der Waals surface area (Å²) >= 11 is 0. The van der Waals surface area contributed by atoms with E-state index in [4.69, 9.17) is 4.74 Å². The number of aryl methyl sites for hydroxylation is 2. The summed E-state index contributed by atoms with van der Waals surface area (Å²) in [5.41, 5.74) is 7.58. The fraction of sp³-hybridized carbons (Fsp3) is 0.458. The Bertz CT molecular complexity index is 810. The molecule has 0 heterocycles. The van der Waals surface area contributed by atoms with Crippen LogP contribution >= 0.6 is 0 Å². The maximum absolute atomic E-state index is 11.9. The van der Waals surface area contributed by atoms with Crippen molar-refractivity contribution in [2.45, 2.75) is 65.4 Å². The molecule has 3 nitrogen and oxygen atoms in total. The van der Waals surface area contributed by atoms with Crippen LogP contribution in [0.25, 0.3) is 11.1 Å². The van der Waals surface area contributed by atoms with Gasteiger partial charge in [0.05, 0.1) is 0 Å². The summed E-state index contributed by atoms with van der Waals surface area (Å²) < 4.78 is 5.33. The molecule has 0 spiro atoms. The molecule has 1 aliphatic rings. The van der Waals surface area contributed by atoms with Gasteiger partial charge in [-0.3, -0.25) is 0 Å². The third kappa shape index (κ3) is 4.02. The van der Waals surface area contributed by atoms with Crippen LogP contribution in [0.1, 0.15) is 62.8 Å². The van der Waals surface area contributed by atoms with Crippen molar-refractivity contribution in [1.29, 1.82) is 0 Å². The van der Waals surface area contributed by atoms with E-state index in [1.54, 1.807) is 0 Å². The number of rotatable bonds is 4. The minimum Gasteiger partial charge on any atom is -0.444 e. The van der Waals surface area contributed by atoms with Crippen molar-refractivity contribution in [3.05, 3.63) is 58.7 Å². The maximum Gasteiger partial charge on any atom is 0.407 e. The molecule has 2 aromatic carbocycles. The summed E-state index contributed by atoms with van der Waals surface area (Å²) in [7, 11) is 0. The SMILES string of the molecule is Cc1ccc2c(c1)C(C)(CCCNC(=O)OC(C)(C)C)c1cc(C)ccc1-2. The van der Waals surface area contributed by atoms with Crippen LogP contribution in [0, 0.1) is 13.8 Å². The molecule has 0 saturated heterocycles. The standard InChI is InChI=1S/C24H31NO2/c1-16-8-10-18-19-11-9-17(2)15-21(19)24(6,20(18)14-16)12-7-13-25-22(26)27-23(3,4)5/h8-11,14-15H,7,12-13H2,1-6H3,(H,25,26). The van der Waals surface area contributed by atoms with E-state index in [1.165, 1.54) is 33.4 Å². The minimum atomic E-state index is -0.464. The van der Waals surface area contributed by atoms with Crippen molar-refractivity contribution in [1.82, 2.24) is 5.32 Å². The van der Waals surface area contributed by atoms with Crippen molar-refractivity contribution < 1.29 is 9.53 Å². The zero-order valence-corrected chi connectivity index (χ0v) is 17.4. The molecule has 0 radical (unpaired) electrons. The monoisotopic (exact) mass is 365 g/mol. The van der Waals surface area contributed by atoms with Gasteiger partial charge in [-0.1, -0.05) is 54.4 Å². The van der Waals surface area contributed by atoms with E-state index in [0.717, 1.165) is 12.8 Å². The molecule has 2 aromatic rings. The van der Waals surface area contributed by atoms with E-state index in [1.807, 2.05) is 20.8 Å². The van der Waals surface area contributed by atoms with Gasteiger partial charge in [-0.2, -0.15) is 0 Å². The second kappa shape index (κ2) is 7.03. The number of nitrogens with one attached hydrogen (secondary N) is 1. The maximum atomic E-state index is 11.9. The zero-order chi connectivity index (χ0) is 19.8. The predicted octanol–water partition coefficient (Wildman–Crippen LogP) is 5.89. The van der Waals surface area contributed by atoms with Gasteiger partial charge in [0, 0.05) is 12.0 Å². The third-order valence-electron chi connectivity index (χ3n) is 5.35. The molecule has 0 saturated carbocycles. The van der Waals surface area contributed by atoms with E-state index in [-0.39, 0.29) is 11.5 Å². The number of hydrogen-bond acceptors (Lipinski definition) is 2. The first-order valence-corrected chi connectivity index (χ1v) is 9.80. The Morgan fingerprint density at radius 2 is 1.52 bits per heavy atom. The first-order valence-electron chi connectivity index (χ1n) is 9.80. The average Bonchev–Trinajstić information content (AvgIpc) is 2.79. The van der Waals surface area contributed by atoms with Gasteiger partial charge in [0.1, 0.15) is 5.60 Å². The van der Waals surface area contributed by atoms with Crippen LogP contribution in [-0.2, 0) is 10.2 Å². The van der Waals surface area contributed by atoms with Gasteiger partial charge in [-0.05, 0) is 69.7 Å². The van der Waals surface area contributed by atoms with Gasteiger partial charge in [0.15, 0.2) is 0 Å². The highest BCUT2D eigenvalue weighted by molar-refractivity contribution is 5.81. The molecule has 0 atom stereocenters. The van der Waals surface area contributed by atoms with Crippen molar-refractivity contribution in [3.63, 3.8) is 0 Å². The van der Waals surface area contributed by atoms with Crippen LogP contribution < -0.4 is 5.32 Å². The van der Waals surface area contributed by atoms with Crippen LogP contribution in [0.4, 0.5) is 4.79 Å². The Hall–Kier alpha value is -2.29. The molecule has 0 bridgehead atoms. The summed E-state index contributed by atoms with van der Waals surface area (Å²) in [5, 5.41) is 2.89. The van der Waals surface area contributed by atoms with Crippen LogP contribution in [0.3, 0.4) is 0 Å². The lowest BCUT2D eigenvalue weighted by Gasteiger charge is -2.28. The highest BCUT2D eigenvalue weighted by Crippen LogP contribution is 2.51. The lowest BCUT2D eigenvalue weighted by Crippen LogP contribution is -2.33. The lowest BCUT2D eigenvalue weighted by molar-refractivity contribution is 0.0526. The number of hydrogen-bond donors (Lipinski definition) is 1. The molecule has 144 valence electrons. The van der Waals surface area contributed by atoms with Gasteiger partial charge < -0.3 is 10.1 Å². The number of amides is 1. The van der Waals surface area contributed by atoms with Crippen LogP contribution in [0.15, 0.2) is 36.4 Å². The van der Waals surface area contributed by atoms with Gasteiger partial charge >= 0.3 is 6.09 Å². The predicted molar refractivity (Wildman–Crippen MR) is 111 cm³/mol. The summed E-state index contributed by atoms with van der Waals surface area (Å²) in [6.45, 7) is 12.9. The van der Waals surface area contributed by atoms with Crippen LogP contribution in [-0.4, -0.2) is 18.2 Å². The quantitative estimate of drug-likeness (QED) is 0.686. The fourth-order valence-corrected chi connectivity index (χ4v) is 4.06. The van der Waals surface area contributed by atoms with Crippen molar-refractivity contribution >= 4 is 6.09 Å². The molecule has 3 rings (SSSR count). The number of carbonyl (C=O) groups is 1. The zero-order valence-electron chi connectivity index (χ0n) is 17.4. The number of fused-ring (bicyclic) bond motifs is 3. The second-order valence-electron chi connectivity index (χ2n) is 8.96. The largest absolute Gasteiger partial charge is 0.444 e. The molecule has 27 heavy (non-hydrogen) atoms. The summed E-state index contributed by atoms with van der Waals surface area (Å²) in [6, 6.07) is 13.5. The third-order valence-corrected chi connectivity index (χ3v) is 5.35. The van der Waals surface area contributed by atoms with Crippen molar-refractivity contribution in [2.24, 2.45) is 0 Å². The smallest absolute Gasteiger partial charge is 0.407 e. The van der Waals surface area contributed by atoms with Crippen molar-refractivity contribution in [3.8, 4) is 11.1 Å². The first kappa shape index (κ1) is 19.5. The normalized spacial score (nSPS) is 14.4. The summed E-state index contributed by atoms with van der Waals surface area (Å²) in [5.74, 6) is 0. The molecule has 1 aliphatic carbocycles. The highest BCUT2D eigenvalue weighted by Gasteiger charge is 2.38. The van der Waals surface area contributed by atoms with Gasteiger partial charge in [0.2, 0.25) is 0 Å². The Balaban J connectivity index is 1.77. The van der Waals surface area contributed by atoms with Gasteiger partial charge in [-0.25, -0.2) is 4.79 Å². The highest BCUT2D eigenvalue weighted by atomic mass is 16.6. The lowest BCUT2D eigenvalue weighted by atomic mass is 9.76. The first-order chi connectivity index (χ1) is 12.6. The molecule has 3 heteroatoms. The fourth-order valence-electron chi connectivity index (χ4n) is 4.06. The molecule has 0 aliphatic heterocycles. The Morgan fingerprint density at radius 1 is 1.00 bits per heavy atom. The van der Waals surface area contributed by atoms with E-state index in [0.29, 0.717) is 6.54 Å². The van der Waals surface area contributed by atoms with Gasteiger partial charge in [0.25, 0.3) is 0 Å². The Labute approximate surface area is 163 Å². The summed E-state index contributed by atoms with van der Waals surface area (Å²) in [6.07, 6.45) is 1.54. The minimum absolute atomic E-state index is 0.0294. The number of carbonyl (C=O) groups excluding carboxylic acids is 1. The molecule has 0 unspecified atom stereocenters. The Kier molecular flexibility index (Phi) is 5.07. The number of benzene rings is 2.